The van der Waals surface area contributed by atoms with Crippen molar-refractivity contribution in [3.8, 4) is 6.07 Å². The van der Waals surface area contributed by atoms with E-state index in [4.69, 9.17) is 16.3 Å². The normalized spacial score (nSPS) is 18.6. The number of hydrogen-bond donors (Lipinski definition) is 1. The van der Waals surface area contributed by atoms with Gasteiger partial charge in [-0.15, -0.1) is 0 Å². The predicted molar refractivity (Wildman–Crippen MR) is 130 cm³/mol. The molecular weight excluding hydrogens is 454 g/mol. The van der Waals surface area contributed by atoms with Crippen molar-refractivity contribution < 1.29 is 14.3 Å². The molecule has 1 N–H and O–H groups in total. The molecule has 0 bridgehead atoms. The summed E-state index contributed by atoms with van der Waals surface area (Å²) in [5.74, 6) is 0.354. The van der Waals surface area contributed by atoms with E-state index in [1.165, 1.54) is 0 Å². The Kier molecular flexibility index (Phi) is 7.57. The molecule has 0 aliphatic carbocycles. The van der Waals surface area contributed by atoms with Crippen LogP contribution in [0.3, 0.4) is 0 Å². The van der Waals surface area contributed by atoms with E-state index in [2.05, 4.69) is 11.4 Å². The number of benzene rings is 1. The van der Waals surface area contributed by atoms with Crippen LogP contribution < -0.4 is 5.32 Å². The van der Waals surface area contributed by atoms with Crippen molar-refractivity contribution in [3.05, 3.63) is 51.7 Å². The van der Waals surface area contributed by atoms with Crippen molar-refractivity contribution in [2.75, 3.05) is 44.6 Å². The van der Waals surface area contributed by atoms with Crippen molar-refractivity contribution in [1.82, 2.24) is 14.4 Å². The molecule has 180 valence electrons. The summed E-state index contributed by atoms with van der Waals surface area (Å²) in [6, 6.07) is 9.13. The van der Waals surface area contributed by atoms with Gasteiger partial charge in [0.15, 0.2) is 0 Å². The van der Waals surface area contributed by atoms with Gasteiger partial charge in [-0.25, -0.2) is 0 Å². The van der Waals surface area contributed by atoms with Gasteiger partial charge >= 0.3 is 0 Å². The quantitative estimate of drug-likeness (QED) is 0.681. The van der Waals surface area contributed by atoms with Crippen molar-refractivity contribution >= 4 is 29.2 Å². The Morgan fingerprint density at radius 1 is 1.18 bits per heavy atom. The highest BCUT2D eigenvalue weighted by atomic mass is 35.5. The van der Waals surface area contributed by atoms with E-state index >= 15 is 0 Å². The molecule has 0 spiro atoms. The maximum absolute atomic E-state index is 12.9. The number of anilines is 1. The summed E-state index contributed by atoms with van der Waals surface area (Å²) >= 11 is 5.91. The fourth-order valence-corrected chi connectivity index (χ4v) is 4.74. The second kappa shape index (κ2) is 10.6. The molecule has 8 nitrogen and oxygen atoms in total. The molecule has 2 aliphatic rings. The minimum absolute atomic E-state index is 0.0302. The average Bonchev–Trinajstić information content (AvgIpc) is 3.42. The molecule has 2 aliphatic heterocycles. The molecule has 2 saturated heterocycles. The molecule has 0 saturated carbocycles. The lowest BCUT2D eigenvalue weighted by atomic mass is 10.2. The number of nitriles is 1. The fraction of sp³-hybridized carbons (Fsp3) is 0.480. The minimum atomic E-state index is -0.167. The van der Waals surface area contributed by atoms with Gasteiger partial charge in [-0.05, 0) is 56.5 Å². The third-order valence-corrected chi connectivity index (χ3v) is 6.98. The van der Waals surface area contributed by atoms with Crippen LogP contribution in [0.1, 0.15) is 40.0 Å². The molecule has 2 fully saturated rings. The Labute approximate surface area is 205 Å². The molecule has 1 atom stereocenters. The lowest BCUT2D eigenvalue weighted by Crippen LogP contribution is -2.50. The molecule has 9 heteroatoms. The zero-order chi connectivity index (χ0) is 24.2. The van der Waals surface area contributed by atoms with Crippen LogP contribution >= 0.6 is 11.6 Å². The van der Waals surface area contributed by atoms with Crippen LogP contribution in [0.5, 0.6) is 0 Å². The van der Waals surface area contributed by atoms with Gasteiger partial charge in [0.25, 0.3) is 5.91 Å². The topological polar surface area (TPSA) is 90.6 Å². The van der Waals surface area contributed by atoms with Crippen LogP contribution in [-0.4, -0.2) is 71.6 Å². The molecule has 1 aromatic heterocycles. The number of halogens is 1. The second-order valence-electron chi connectivity index (χ2n) is 8.91. The molecule has 34 heavy (non-hydrogen) atoms. The first-order valence-electron chi connectivity index (χ1n) is 11.7. The first-order chi connectivity index (χ1) is 16.4. The van der Waals surface area contributed by atoms with E-state index < -0.39 is 0 Å². The summed E-state index contributed by atoms with van der Waals surface area (Å²) < 4.78 is 7.78. The molecule has 1 aromatic carbocycles. The SMILES string of the molecule is Cc1c(C#N)c(NC(=O)CN2CCN(C(=O)c3ccc(Cl)cc3)CC2)n(CC2CCCO2)c1C. The highest BCUT2D eigenvalue weighted by molar-refractivity contribution is 6.30. The van der Waals surface area contributed by atoms with Crippen molar-refractivity contribution in [1.29, 1.82) is 5.26 Å². The molecular formula is C25H30ClN5O3. The predicted octanol–water partition coefficient (Wildman–Crippen LogP) is 3.21. The third-order valence-electron chi connectivity index (χ3n) is 6.73. The van der Waals surface area contributed by atoms with Gasteiger partial charge in [0.05, 0.1) is 24.8 Å². The summed E-state index contributed by atoms with van der Waals surface area (Å²) in [5.41, 5.74) is 2.96. The first kappa shape index (κ1) is 24.3. The monoisotopic (exact) mass is 483 g/mol. The van der Waals surface area contributed by atoms with Crippen LogP contribution in [0, 0.1) is 25.2 Å². The van der Waals surface area contributed by atoms with Crippen LogP contribution in [0.25, 0.3) is 0 Å². The Hall–Kier alpha value is -2.86. The number of amides is 2. The Bertz CT molecular complexity index is 1090. The Morgan fingerprint density at radius 3 is 2.50 bits per heavy atom. The number of aromatic nitrogens is 1. The van der Waals surface area contributed by atoms with Gasteiger partial charge in [-0.3, -0.25) is 14.5 Å². The summed E-state index contributed by atoms with van der Waals surface area (Å²) in [6.07, 6.45) is 2.10. The molecule has 1 unspecified atom stereocenters. The summed E-state index contributed by atoms with van der Waals surface area (Å²) in [7, 11) is 0. The van der Waals surface area contributed by atoms with Crippen molar-refractivity contribution in [3.63, 3.8) is 0 Å². The maximum Gasteiger partial charge on any atom is 0.253 e. The highest BCUT2D eigenvalue weighted by Gasteiger charge is 2.26. The number of piperazine rings is 1. The standard InChI is InChI=1S/C25H30ClN5O3/c1-17-18(2)31(15-21-4-3-13-34-21)24(22(17)14-27)28-23(32)16-29-9-11-30(12-10-29)25(33)19-5-7-20(26)8-6-19/h5-8,21H,3-4,9-13,15-16H2,1-2H3,(H,28,32). The number of carbonyl (C=O) groups excluding carboxylic acids is 2. The third kappa shape index (κ3) is 5.27. The van der Waals surface area contributed by atoms with E-state index in [0.717, 1.165) is 30.7 Å². The lowest BCUT2D eigenvalue weighted by Gasteiger charge is -2.34. The van der Waals surface area contributed by atoms with Crippen molar-refractivity contribution in [2.45, 2.75) is 39.3 Å². The molecule has 2 aromatic rings. The van der Waals surface area contributed by atoms with E-state index in [9.17, 15) is 14.9 Å². The highest BCUT2D eigenvalue weighted by Crippen LogP contribution is 2.28. The van der Waals surface area contributed by atoms with Crippen LogP contribution in [0.15, 0.2) is 24.3 Å². The summed E-state index contributed by atoms with van der Waals surface area (Å²) in [6.45, 7) is 7.76. The second-order valence-corrected chi connectivity index (χ2v) is 9.35. The number of ether oxygens (including phenoxy) is 1. The fourth-order valence-electron chi connectivity index (χ4n) is 4.61. The van der Waals surface area contributed by atoms with Gasteiger partial charge < -0.3 is 19.5 Å². The number of rotatable bonds is 6. The zero-order valence-corrected chi connectivity index (χ0v) is 20.4. The molecule has 3 heterocycles. The minimum Gasteiger partial charge on any atom is -0.376 e. The first-order valence-corrected chi connectivity index (χ1v) is 12.0. The number of hydrogen-bond acceptors (Lipinski definition) is 5. The molecule has 0 radical (unpaired) electrons. The van der Waals surface area contributed by atoms with E-state index in [0.29, 0.717) is 54.7 Å². The van der Waals surface area contributed by atoms with Crippen LogP contribution in [-0.2, 0) is 16.1 Å². The molecule has 4 rings (SSSR count). The van der Waals surface area contributed by atoms with Crippen LogP contribution in [0.2, 0.25) is 5.02 Å². The van der Waals surface area contributed by atoms with Gasteiger partial charge in [-0.2, -0.15) is 5.26 Å². The van der Waals surface area contributed by atoms with E-state index in [-0.39, 0.29) is 24.5 Å². The van der Waals surface area contributed by atoms with E-state index in [1.807, 2.05) is 23.3 Å². The molecule has 2 amide bonds. The summed E-state index contributed by atoms with van der Waals surface area (Å²) in [4.78, 5) is 29.5. The average molecular weight is 484 g/mol. The number of nitrogens with one attached hydrogen (secondary N) is 1. The van der Waals surface area contributed by atoms with Gasteiger partial charge in [0.1, 0.15) is 11.9 Å². The largest absolute Gasteiger partial charge is 0.376 e. The zero-order valence-electron chi connectivity index (χ0n) is 19.6. The number of nitrogens with zero attached hydrogens (tertiary/aromatic N) is 4. The maximum atomic E-state index is 12.9. The Morgan fingerprint density at radius 2 is 1.88 bits per heavy atom. The van der Waals surface area contributed by atoms with E-state index in [1.54, 1.807) is 29.2 Å². The van der Waals surface area contributed by atoms with Gasteiger partial charge in [0.2, 0.25) is 5.91 Å². The van der Waals surface area contributed by atoms with Crippen molar-refractivity contribution in [2.24, 2.45) is 0 Å². The Balaban J connectivity index is 1.36. The van der Waals surface area contributed by atoms with Gasteiger partial charge in [0, 0.05) is 49.1 Å². The summed E-state index contributed by atoms with van der Waals surface area (Å²) in [5, 5.41) is 13.3. The lowest BCUT2D eigenvalue weighted by molar-refractivity contribution is -0.117. The van der Waals surface area contributed by atoms with Crippen LogP contribution in [0.4, 0.5) is 5.82 Å². The smallest absolute Gasteiger partial charge is 0.253 e. The van der Waals surface area contributed by atoms with Gasteiger partial charge in [-0.1, -0.05) is 11.6 Å². The number of carbonyl (C=O) groups is 2.